The second-order valence-corrected chi connectivity index (χ2v) is 6.63. The van der Waals surface area contributed by atoms with Crippen LogP contribution in [0.4, 0.5) is 0 Å². The minimum atomic E-state index is -0.447. The molecule has 3 rings (SSSR count). The highest BCUT2D eigenvalue weighted by molar-refractivity contribution is 6.31. The number of halogens is 1. The van der Waals surface area contributed by atoms with Crippen molar-refractivity contribution in [3.05, 3.63) is 93.8 Å². The van der Waals surface area contributed by atoms with E-state index in [1.54, 1.807) is 11.6 Å². The lowest BCUT2D eigenvalue weighted by Gasteiger charge is -2.05. The van der Waals surface area contributed by atoms with E-state index in [1.807, 2.05) is 66.7 Å². The van der Waals surface area contributed by atoms with Gasteiger partial charge in [0.05, 0.1) is 12.2 Å². The number of benzene rings is 2. The van der Waals surface area contributed by atoms with Gasteiger partial charge in [-0.3, -0.25) is 4.79 Å². The van der Waals surface area contributed by atoms with Gasteiger partial charge in [-0.2, -0.15) is 10.4 Å². The fraction of sp³-hybridized carbons (Fsp3) is 0.136. The smallest absolute Gasteiger partial charge is 0.262 e. The molecule has 0 aliphatic carbocycles. The third-order valence-electron chi connectivity index (χ3n) is 4.23. The average Bonchev–Trinajstić information content (AvgIpc) is 2.98. The van der Waals surface area contributed by atoms with E-state index in [0.29, 0.717) is 29.5 Å². The van der Waals surface area contributed by atoms with Crippen LogP contribution in [0.2, 0.25) is 5.15 Å². The lowest BCUT2D eigenvalue weighted by atomic mass is 10.1. The van der Waals surface area contributed by atoms with Crippen molar-refractivity contribution in [3.8, 4) is 6.07 Å². The Morgan fingerprint density at radius 1 is 1.14 bits per heavy atom. The first-order chi connectivity index (χ1) is 13.6. The standard InChI is InChI=1S/C22H19ClN4O/c1-16-20(21(23)27(26-16)15-18-10-6-3-7-11-18)12-19(13-24)22(28)25-14-17-8-4-2-5-9-17/h2-12H,14-15H2,1H3,(H,25,28). The molecule has 5 nitrogen and oxygen atoms in total. The highest BCUT2D eigenvalue weighted by atomic mass is 35.5. The van der Waals surface area contributed by atoms with Crippen LogP contribution in [0.1, 0.15) is 22.4 Å². The molecule has 0 radical (unpaired) electrons. The van der Waals surface area contributed by atoms with Gasteiger partial charge in [0.2, 0.25) is 0 Å². The lowest BCUT2D eigenvalue weighted by molar-refractivity contribution is -0.117. The van der Waals surface area contributed by atoms with Gasteiger partial charge in [-0.05, 0) is 24.1 Å². The first kappa shape index (κ1) is 19.4. The average molecular weight is 391 g/mol. The second kappa shape index (κ2) is 9.03. The Morgan fingerprint density at radius 2 is 1.75 bits per heavy atom. The van der Waals surface area contributed by atoms with E-state index >= 15 is 0 Å². The number of amides is 1. The van der Waals surface area contributed by atoms with E-state index < -0.39 is 5.91 Å². The summed E-state index contributed by atoms with van der Waals surface area (Å²) in [7, 11) is 0. The predicted octanol–water partition coefficient (Wildman–Crippen LogP) is 4.12. The highest BCUT2D eigenvalue weighted by Crippen LogP contribution is 2.23. The molecule has 0 saturated carbocycles. The molecule has 0 saturated heterocycles. The summed E-state index contributed by atoms with van der Waals surface area (Å²) in [5, 5.41) is 17.0. The minimum absolute atomic E-state index is 0.0137. The highest BCUT2D eigenvalue weighted by Gasteiger charge is 2.16. The third-order valence-corrected chi connectivity index (χ3v) is 4.63. The Morgan fingerprint density at radius 3 is 2.36 bits per heavy atom. The molecule has 0 atom stereocenters. The summed E-state index contributed by atoms with van der Waals surface area (Å²) in [6.45, 7) is 2.66. The van der Waals surface area contributed by atoms with Crippen molar-refractivity contribution in [1.82, 2.24) is 15.1 Å². The molecule has 0 aliphatic heterocycles. The number of carbonyl (C=O) groups is 1. The number of aryl methyl sites for hydroxylation is 1. The van der Waals surface area contributed by atoms with Gasteiger partial charge >= 0.3 is 0 Å². The van der Waals surface area contributed by atoms with Crippen LogP contribution in [0.3, 0.4) is 0 Å². The molecule has 1 aromatic heterocycles. The zero-order valence-corrected chi connectivity index (χ0v) is 16.1. The van der Waals surface area contributed by atoms with Crippen LogP contribution >= 0.6 is 11.6 Å². The van der Waals surface area contributed by atoms with Crippen LogP contribution in [-0.2, 0) is 17.9 Å². The molecule has 1 heterocycles. The summed E-state index contributed by atoms with van der Waals surface area (Å²) in [5.74, 6) is -0.447. The molecule has 2 aromatic carbocycles. The van der Waals surface area contributed by atoms with Crippen molar-refractivity contribution < 1.29 is 4.79 Å². The molecule has 1 N–H and O–H groups in total. The Labute approximate surface area is 168 Å². The molecule has 6 heteroatoms. The van der Waals surface area contributed by atoms with Gasteiger partial charge in [0.25, 0.3) is 5.91 Å². The molecule has 28 heavy (non-hydrogen) atoms. The van der Waals surface area contributed by atoms with Crippen molar-refractivity contribution >= 4 is 23.6 Å². The number of nitrogens with one attached hydrogen (secondary N) is 1. The SMILES string of the molecule is Cc1nn(Cc2ccccc2)c(Cl)c1C=C(C#N)C(=O)NCc1ccccc1. The zero-order chi connectivity index (χ0) is 19.9. The van der Waals surface area contributed by atoms with E-state index in [-0.39, 0.29) is 5.57 Å². The zero-order valence-electron chi connectivity index (χ0n) is 15.4. The Hall–Kier alpha value is -3.36. The largest absolute Gasteiger partial charge is 0.347 e. The van der Waals surface area contributed by atoms with Crippen molar-refractivity contribution in [2.75, 3.05) is 0 Å². The van der Waals surface area contributed by atoms with E-state index in [0.717, 1.165) is 11.1 Å². The van der Waals surface area contributed by atoms with Gasteiger partial charge < -0.3 is 5.32 Å². The molecule has 0 spiro atoms. The van der Waals surface area contributed by atoms with Crippen LogP contribution in [0, 0.1) is 18.3 Å². The first-order valence-electron chi connectivity index (χ1n) is 8.79. The quantitative estimate of drug-likeness (QED) is 0.508. The summed E-state index contributed by atoms with van der Waals surface area (Å²) < 4.78 is 1.66. The maximum atomic E-state index is 12.4. The van der Waals surface area contributed by atoms with Crippen molar-refractivity contribution in [2.24, 2.45) is 0 Å². The molecule has 1 amide bonds. The summed E-state index contributed by atoms with van der Waals surface area (Å²) >= 11 is 6.47. The monoisotopic (exact) mass is 390 g/mol. The molecular weight excluding hydrogens is 372 g/mol. The summed E-state index contributed by atoms with van der Waals surface area (Å²) in [6.07, 6.45) is 1.49. The maximum Gasteiger partial charge on any atom is 0.262 e. The van der Waals surface area contributed by atoms with Crippen LogP contribution in [0.5, 0.6) is 0 Å². The second-order valence-electron chi connectivity index (χ2n) is 6.27. The first-order valence-corrected chi connectivity index (χ1v) is 9.17. The Kier molecular flexibility index (Phi) is 6.25. The van der Waals surface area contributed by atoms with E-state index in [9.17, 15) is 10.1 Å². The summed E-state index contributed by atoms with van der Waals surface area (Å²) in [5.41, 5.74) is 3.23. The molecule has 0 unspecified atom stereocenters. The number of rotatable bonds is 6. The normalized spacial score (nSPS) is 11.1. The number of nitriles is 1. The fourth-order valence-electron chi connectivity index (χ4n) is 2.76. The van der Waals surface area contributed by atoms with Gasteiger partial charge in [0.15, 0.2) is 0 Å². The van der Waals surface area contributed by atoms with Crippen molar-refractivity contribution in [1.29, 1.82) is 5.26 Å². The van der Waals surface area contributed by atoms with Gasteiger partial charge in [-0.25, -0.2) is 4.68 Å². The lowest BCUT2D eigenvalue weighted by Crippen LogP contribution is -2.23. The Balaban J connectivity index is 1.78. The van der Waals surface area contributed by atoms with Crippen LogP contribution < -0.4 is 5.32 Å². The third kappa shape index (κ3) is 4.67. The molecule has 140 valence electrons. The van der Waals surface area contributed by atoms with Gasteiger partial charge in [0.1, 0.15) is 16.8 Å². The van der Waals surface area contributed by atoms with Crippen LogP contribution in [0.25, 0.3) is 6.08 Å². The number of nitrogens with zero attached hydrogens (tertiary/aromatic N) is 3. The van der Waals surface area contributed by atoms with Gasteiger partial charge in [-0.15, -0.1) is 0 Å². The number of aromatic nitrogens is 2. The summed E-state index contributed by atoms with van der Waals surface area (Å²) in [4.78, 5) is 12.4. The Bertz CT molecular complexity index is 1030. The van der Waals surface area contributed by atoms with Crippen molar-refractivity contribution in [2.45, 2.75) is 20.0 Å². The molecule has 0 bridgehead atoms. The molecule has 0 fully saturated rings. The fourth-order valence-corrected chi connectivity index (χ4v) is 3.05. The van der Waals surface area contributed by atoms with E-state index in [4.69, 9.17) is 11.6 Å². The number of hydrogen-bond acceptors (Lipinski definition) is 3. The molecule has 0 aliphatic rings. The molecular formula is C22H19ClN4O. The van der Waals surface area contributed by atoms with Crippen molar-refractivity contribution in [3.63, 3.8) is 0 Å². The van der Waals surface area contributed by atoms with Crippen LogP contribution in [-0.4, -0.2) is 15.7 Å². The van der Waals surface area contributed by atoms with Crippen LogP contribution in [0.15, 0.2) is 66.2 Å². The summed E-state index contributed by atoms with van der Waals surface area (Å²) in [6, 6.07) is 21.3. The number of carbonyl (C=O) groups excluding carboxylic acids is 1. The van der Waals surface area contributed by atoms with E-state index in [2.05, 4.69) is 10.4 Å². The van der Waals surface area contributed by atoms with Gasteiger partial charge in [0, 0.05) is 12.1 Å². The topological polar surface area (TPSA) is 70.7 Å². The predicted molar refractivity (Wildman–Crippen MR) is 109 cm³/mol. The van der Waals surface area contributed by atoms with Gasteiger partial charge in [-0.1, -0.05) is 72.3 Å². The number of hydrogen-bond donors (Lipinski definition) is 1. The molecule has 3 aromatic rings. The maximum absolute atomic E-state index is 12.4. The minimum Gasteiger partial charge on any atom is -0.347 e. The van der Waals surface area contributed by atoms with E-state index in [1.165, 1.54) is 6.08 Å².